The minimum Gasteiger partial charge on any atom is -0.361 e. The number of sulfonamides is 1. The number of carbonyl (C=O) groups is 1. The Morgan fingerprint density at radius 3 is 2.23 bits per heavy atom. The molecule has 8 heteroatoms. The summed E-state index contributed by atoms with van der Waals surface area (Å²) in [5, 5.41) is 4.16. The molecule has 0 bridgehead atoms. The number of hydrogen-bond acceptors (Lipinski definition) is 4. The molecule has 2 aromatic heterocycles. The van der Waals surface area contributed by atoms with Crippen molar-refractivity contribution in [3.8, 4) is 0 Å². The molecular weight excluding hydrogens is 508 g/mol. The van der Waals surface area contributed by atoms with E-state index in [1.807, 2.05) is 85.1 Å². The van der Waals surface area contributed by atoms with Gasteiger partial charge in [-0.2, -0.15) is 4.72 Å². The molecule has 1 amide bonds. The maximum Gasteiger partial charge on any atom is 0.241 e. The van der Waals surface area contributed by atoms with Gasteiger partial charge in [-0.3, -0.25) is 9.78 Å². The first-order valence-electron chi connectivity index (χ1n) is 13.5. The molecule has 1 aliphatic carbocycles. The van der Waals surface area contributed by atoms with Gasteiger partial charge in [-0.15, -0.1) is 0 Å². The highest BCUT2D eigenvalue weighted by Crippen LogP contribution is 2.34. The lowest BCUT2D eigenvalue weighted by molar-refractivity contribution is -0.127. The number of nitrogens with zero attached hydrogens (tertiary/aromatic N) is 1. The Morgan fingerprint density at radius 2 is 1.62 bits per heavy atom. The standard InChI is InChI=1S/C25H32N4O3S.C6H6/c1-25(29-33(2,31)32,16-19-17-27-21-13-7-6-12-20(19)21)24(30)28-23(18-10-4-3-5-11-18)22-14-8-9-15-26-22;1-2-4-6-5-3-1/h6-9,12-15,17-18,23,27,29H,3-5,10-11,16H2,1-2H3,(H,28,30);1-6H. The number of carbonyl (C=O) groups excluding carboxylic acids is 1. The number of fused-ring (bicyclic) bond motifs is 1. The fourth-order valence-corrected chi connectivity index (χ4v) is 6.36. The Hall–Kier alpha value is -3.49. The molecule has 2 heterocycles. The second-order valence-electron chi connectivity index (χ2n) is 10.5. The molecule has 0 spiro atoms. The van der Waals surface area contributed by atoms with E-state index < -0.39 is 15.6 Å². The maximum atomic E-state index is 13.8. The predicted molar refractivity (Wildman–Crippen MR) is 157 cm³/mol. The minimum atomic E-state index is -3.65. The number of amides is 1. The molecule has 0 radical (unpaired) electrons. The zero-order valence-electron chi connectivity index (χ0n) is 22.6. The summed E-state index contributed by atoms with van der Waals surface area (Å²) in [4.78, 5) is 21.5. The quantitative estimate of drug-likeness (QED) is 0.270. The van der Waals surface area contributed by atoms with Crippen molar-refractivity contribution in [3.05, 3.63) is 103 Å². The Kier molecular flexibility index (Phi) is 9.54. The lowest BCUT2D eigenvalue weighted by Gasteiger charge is -2.35. The van der Waals surface area contributed by atoms with Gasteiger partial charge in [0.1, 0.15) is 5.54 Å². The molecule has 39 heavy (non-hydrogen) atoms. The Bertz CT molecular complexity index is 1410. The van der Waals surface area contributed by atoms with E-state index in [2.05, 4.69) is 20.0 Å². The maximum absolute atomic E-state index is 13.8. The van der Waals surface area contributed by atoms with Crippen LogP contribution in [0.1, 0.15) is 56.3 Å². The van der Waals surface area contributed by atoms with Gasteiger partial charge in [-0.05, 0) is 49.4 Å². The van der Waals surface area contributed by atoms with Crippen LogP contribution in [0, 0.1) is 5.92 Å². The van der Waals surface area contributed by atoms with Gasteiger partial charge in [0.05, 0.1) is 18.0 Å². The number of H-pyrrole nitrogens is 1. The van der Waals surface area contributed by atoms with Gasteiger partial charge in [0.15, 0.2) is 0 Å². The molecule has 3 N–H and O–H groups in total. The van der Waals surface area contributed by atoms with Gasteiger partial charge in [0.2, 0.25) is 15.9 Å². The highest BCUT2D eigenvalue weighted by molar-refractivity contribution is 7.88. The van der Waals surface area contributed by atoms with E-state index in [-0.39, 0.29) is 24.3 Å². The number of aromatic amines is 1. The summed E-state index contributed by atoms with van der Waals surface area (Å²) in [5.41, 5.74) is 1.28. The van der Waals surface area contributed by atoms with Crippen molar-refractivity contribution >= 4 is 26.8 Å². The first-order chi connectivity index (χ1) is 18.8. The molecule has 0 aliphatic heterocycles. The van der Waals surface area contributed by atoms with Crippen LogP contribution in [-0.2, 0) is 21.2 Å². The summed E-state index contributed by atoms with van der Waals surface area (Å²) in [6, 6.07) is 25.2. The number of rotatable bonds is 8. The fraction of sp³-hybridized carbons (Fsp3) is 0.355. The van der Waals surface area contributed by atoms with E-state index in [0.29, 0.717) is 0 Å². The fourth-order valence-electron chi connectivity index (χ4n) is 5.38. The molecule has 5 rings (SSSR count). The Morgan fingerprint density at radius 1 is 0.974 bits per heavy atom. The van der Waals surface area contributed by atoms with Crippen LogP contribution in [0.25, 0.3) is 10.9 Å². The van der Waals surface area contributed by atoms with Gasteiger partial charge in [0.25, 0.3) is 0 Å². The van der Waals surface area contributed by atoms with Crippen molar-refractivity contribution in [1.29, 1.82) is 0 Å². The van der Waals surface area contributed by atoms with Crippen molar-refractivity contribution in [2.24, 2.45) is 5.92 Å². The van der Waals surface area contributed by atoms with Crippen molar-refractivity contribution in [2.75, 3.05) is 6.26 Å². The molecule has 0 saturated heterocycles. The number of nitrogens with one attached hydrogen (secondary N) is 3. The molecule has 2 aromatic carbocycles. The second kappa shape index (κ2) is 13.0. The molecular formula is C31H38N4O3S. The monoisotopic (exact) mass is 546 g/mol. The summed E-state index contributed by atoms with van der Waals surface area (Å²) in [6.07, 6.45) is 10.4. The molecule has 2 atom stereocenters. The smallest absolute Gasteiger partial charge is 0.241 e. The molecule has 7 nitrogen and oxygen atoms in total. The largest absolute Gasteiger partial charge is 0.361 e. The molecule has 4 aromatic rings. The van der Waals surface area contributed by atoms with Crippen molar-refractivity contribution in [2.45, 2.75) is 57.0 Å². The molecule has 1 saturated carbocycles. The van der Waals surface area contributed by atoms with Gasteiger partial charge in [0, 0.05) is 29.7 Å². The minimum absolute atomic E-state index is 0.218. The van der Waals surface area contributed by atoms with Crippen LogP contribution in [0.2, 0.25) is 0 Å². The van der Waals surface area contributed by atoms with Crippen LogP contribution in [0.15, 0.2) is 91.3 Å². The second-order valence-corrected chi connectivity index (χ2v) is 12.2. The van der Waals surface area contributed by atoms with E-state index >= 15 is 0 Å². The molecule has 206 valence electrons. The topological polar surface area (TPSA) is 104 Å². The SMILES string of the molecule is CC(Cc1c[nH]c2ccccc12)(NS(C)(=O)=O)C(=O)NC(c1ccccn1)C1CCCCC1.c1ccccc1. The lowest BCUT2D eigenvalue weighted by Crippen LogP contribution is -2.58. The number of aromatic nitrogens is 2. The summed E-state index contributed by atoms with van der Waals surface area (Å²) in [7, 11) is -3.65. The average Bonchev–Trinajstić information content (AvgIpc) is 3.35. The Balaban J connectivity index is 0.000000519. The average molecular weight is 547 g/mol. The highest BCUT2D eigenvalue weighted by atomic mass is 32.2. The van der Waals surface area contributed by atoms with Crippen LogP contribution in [0.4, 0.5) is 0 Å². The summed E-state index contributed by atoms with van der Waals surface area (Å²) in [5.74, 6) is -0.0763. The van der Waals surface area contributed by atoms with Gasteiger partial charge in [-0.1, -0.05) is 79.9 Å². The summed E-state index contributed by atoms with van der Waals surface area (Å²) in [6.45, 7) is 1.65. The number of benzene rings is 2. The molecule has 1 aliphatic rings. The van der Waals surface area contributed by atoms with Crippen LogP contribution < -0.4 is 10.0 Å². The van der Waals surface area contributed by atoms with Crippen molar-refractivity contribution in [3.63, 3.8) is 0 Å². The molecule has 1 fully saturated rings. The first-order valence-corrected chi connectivity index (χ1v) is 15.4. The zero-order valence-corrected chi connectivity index (χ0v) is 23.5. The Labute approximate surface area is 231 Å². The first kappa shape index (κ1) is 28.5. The third-order valence-electron chi connectivity index (χ3n) is 7.21. The number of para-hydroxylation sites is 1. The third-order valence-corrected chi connectivity index (χ3v) is 8.03. The third kappa shape index (κ3) is 8.00. The lowest BCUT2D eigenvalue weighted by atomic mass is 9.82. The van der Waals surface area contributed by atoms with Gasteiger partial charge < -0.3 is 10.3 Å². The normalized spacial score (nSPS) is 16.5. The van der Waals surface area contributed by atoms with Crippen LogP contribution in [0.3, 0.4) is 0 Å². The van der Waals surface area contributed by atoms with Crippen molar-refractivity contribution in [1.82, 2.24) is 20.0 Å². The summed E-state index contributed by atoms with van der Waals surface area (Å²) >= 11 is 0. The summed E-state index contributed by atoms with van der Waals surface area (Å²) < 4.78 is 27.2. The van der Waals surface area contributed by atoms with Gasteiger partial charge >= 0.3 is 0 Å². The molecule has 2 unspecified atom stereocenters. The van der Waals surface area contributed by atoms with E-state index in [4.69, 9.17) is 0 Å². The number of hydrogen-bond donors (Lipinski definition) is 3. The van der Waals surface area contributed by atoms with Crippen LogP contribution in [0.5, 0.6) is 0 Å². The van der Waals surface area contributed by atoms with E-state index in [9.17, 15) is 13.2 Å². The van der Waals surface area contributed by atoms with Crippen LogP contribution >= 0.6 is 0 Å². The van der Waals surface area contributed by atoms with Crippen LogP contribution in [-0.4, -0.2) is 36.1 Å². The zero-order chi connectivity index (χ0) is 27.7. The van der Waals surface area contributed by atoms with Crippen molar-refractivity contribution < 1.29 is 13.2 Å². The van der Waals surface area contributed by atoms with Gasteiger partial charge in [-0.25, -0.2) is 8.42 Å². The van der Waals surface area contributed by atoms with E-state index in [1.165, 1.54) is 6.42 Å². The highest BCUT2D eigenvalue weighted by Gasteiger charge is 2.39. The van der Waals surface area contributed by atoms with E-state index in [1.54, 1.807) is 13.1 Å². The number of pyridine rings is 1. The van der Waals surface area contributed by atoms with E-state index in [0.717, 1.165) is 54.1 Å². The predicted octanol–water partition coefficient (Wildman–Crippen LogP) is 5.54.